The predicted octanol–water partition coefficient (Wildman–Crippen LogP) is 0.407. The zero-order valence-corrected chi connectivity index (χ0v) is 10.8. The third-order valence-corrected chi connectivity index (χ3v) is 3.62. The van der Waals surface area contributed by atoms with Gasteiger partial charge in [-0.3, -0.25) is 14.9 Å². The number of carbonyl (C=O) groups is 1. The van der Waals surface area contributed by atoms with Crippen LogP contribution in [-0.2, 0) is 21.4 Å². The monoisotopic (exact) mass is 288 g/mol. The number of nitro groups is 1. The lowest BCUT2D eigenvalue weighted by molar-refractivity contribution is -0.385. The number of nitro benzene ring substituents is 1. The Morgan fingerprint density at radius 2 is 2.11 bits per heavy atom. The van der Waals surface area contributed by atoms with Crippen LogP contribution in [-0.4, -0.2) is 30.2 Å². The second kappa shape index (κ2) is 5.76. The summed E-state index contributed by atoms with van der Waals surface area (Å²) in [5.41, 5.74) is 0.642. The quantitative estimate of drug-likeness (QED) is 0.576. The van der Waals surface area contributed by atoms with E-state index < -0.39 is 26.7 Å². The van der Waals surface area contributed by atoms with Crippen LogP contribution in [0.3, 0.4) is 0 Å². The van der Waals surface area contributed by atoms with Gasteiger partial charge in [0.15, 0.2) is 5.75 Å². The molecule has 2 N–H and O–H groups in total. The highest BCUT2D eigenvalue weighted by Gasteiger charge is 2.17. The summed E-state index contributed by atoms with van der Waals surface area (Å²) in [6.45, 7) is 1.31. The molecule has 19 heavy (non-hydrogen) atoms. The maximum atomic E-state index is 11.3. The van der Waals surface area contributed by atoms with Crippen LogP contribution in [0.2, 0.25) is 0 Å². The van der Waals surface area contributed by atoms with Gasteiger partial charge in [0, 0.05) is 18.2 Å². The molecule has 0 spiro atoms. The predicted molar refractivity (Wildman–Crippen MR) is 66.1 cm³/mol. The number of aliphatic carboxylic acids is 1. The van der Waals surface area contributed by atoms with Gasteiger partial charge in [-0.2, -0.15) is 0 Å². The van der Waals surface area contributed by atoms with E-state index >= 15 is 0 Å². The SMILES string of the molecule is Cc1c(CNS(=O)(=O)CC(=O)O)cccc1[N+](=O)[O-]. The Morgan fingerprint density at radius 3 is 2.63 bits per heavy atom. The maximum Gasteiger partial charge on any atom is 0.320 e. The molecule has 0 saturated carbocycles. The molecule has 1 aromatic carbocycles. The van der Waals surface area contributed by atoms with Gasteiger partial charge in [0.25, 0.3) is 5.69 Å². The summed E-state index contributed by atoms with van der Waals surface area (Å²) in [6, 6.07) is 4.28. The van der Waals surface area contributed by atoms with E-state index in [0.29, 0.717) is 11.1 Å². The van der Waals surface area contributed by atoms with Crippen LogP contribution in [0.4, 0.5) is 5.69 Å². The van der Waals surface area contributed by atoms with Crippen molar-refractivity contribution in [1.29, 1.82) is 0 Å². The van der Waals surface area contributed by atoms with Crippen molar-refractivity contribution in [3.8, 4) is 0 Å². The standard InChI is InChI=1S/C10H12N2O6S/c1-7-8(3-2-4-9(7)12(15)16)5-11-19(17,18)6-10(13)14/h2-4,11H,5-6H2,1H3,(H,13,14). The molecule has 0 atom stereocenters. The molecule has 0 aliphatic rings. The normalized spacial score (nSPS) is 11.2. The number of sulfonamides is 1. The van der Waals surface area contributed by atoms with Crippen LogP contribution in [0.15, 0.2) is 18.2 Å². The minimum atomic E-state index is -3.95. The lowest BCUT2D eigenvalue weighted by Crippen LogP contribution is -2.29. The molecule has 0 aromatic heterocycles. The van der Waals surface area contributed by atoms with Crippen molar-refractivity contribution < 1.29 is 23.2 Å². The molecule has 0 heterocycles. The zero-order chi connectivity index (χ0) is 14.6. The fourth-order valence-electron chi connectivity index (χ4n) is 1.46. The average molecular weight is 288 g/mol. The molecule has 0 aliphatic heterocycles. The fraction of sp³-hybridized carbons (Fsp3) is 0.300. The van der Waals surface area contributed by atoms with Gasteiger partial charge in [-0.1, -0.05) is 12.1 Å². The molecule has 9 heteroatoms. The first-order chi connectivity index (χ1) is 8.73. The van der Waals surface area contributed by atoms with Crippen molar-refractivity contribution in [2.24, 2.45) is 0 Å². The van der Waals surface area contributed by atoms with Gasteiger partial charge in [0.1, 0.15) is 0 Å². The van der Waals surface area contributed by atoms with Crippen molar-refractivity contribution in [2.75, 3.05) is 5.75 Å². The van der Waals surface area contributed by atoms with Gasteiger partial charge in [-0.05, 0) is 12.5 Å². The van der Waals surface area contributed by atoms with Gasteiger partial charge in [-0.25, -0.2) is 13.1 Å². The Balaban J connectivity index is 2.87. The highest BCUT2D eigenvalue weighted by Crippen LogP contribution is 2.20. The minimum Gasteiger partial charge on any atom is -0.480 e. The summed E-state index contributed by atoms with van der Waals surface area (Å²) in [5.74, 6) is -2.51. The van der Waals surface area contributed by atoms with E-state index in [1.165, 1.54) is 25.1 Å². The van der Waals surface area contributed by atoms with E-state index in [4.69, 9.17) is 5.11 Å². The number of hydrogen-bond donors (Lipinski definition) is 2. The van der Waals surface area contributed by atoms with Gasteiger partial charge < -0.3 is 5.11 Å². The highest BCUT2D eigenvalue weighted by molar-refractivity contribution is 7.90. The van der Waals surface area contributed by atoms with Crippen LogP contribution in [0.1, 0.15) is 11.1 Å². The Bertz CT molecular complexity index is 610. The summed E-state index contributed by atoms with van der Waals surface area (Å²) in [4.78, 5) is 20.5. The number of benzene rings is 1. The van der Waals surface area contributed by atoms with Crippen LogP contribution < -0.4 is 4.72 Å². The van der Waals surface area contributed by atoms with E-state index in [0.717, 1.165) is 0 Å². The van der Waals surface area contributed by atoms with Crippen molar-refractivity contribution in [2.45, 2.75) is 13.5 Å². The molecule has 0 saturated heterocycles. The number of carboxylic acid groups (broad SMARTS) is 1. The summed E-state index contributed by atoms with van der Waals surface area (Å²) in [6.07, 6.45) is 0. The first kappa shape index (κ1) is 15.1. The van der Waals surface area contributed by atoms with Gasteiger partial charge in [-0.15, -0.1) is 0 Å². The lowest BCUT2D eigenvalue weighted by atomic mass is 10.1. The summed E-state index contributed by atoms with van der Waals surface area (Å²) in [5, 5.41) is 19.1. The molecule has 0 aliphatic carbocycles. The fourth-order valence-corrected chi connectivity index (χ4v) is 2.26. The smallest absolute Gasteiger partial charge is 0.320 e. The first-order valence-corrected chi connectivity index (χ1v) is 6.80. The highest BCUT2D eigenvalue weighted by atomic mass is 32.2. The number of rotatable bonds is 6. The van der Waals surface area contributed by atoms with Crippen molar-refractivity contribution in [3.05, 3.63) is 39.4 Å². The Morgan fingerprint density at radius 1 is 1.47 bits per heavy atom. The molecule has 0 radical (unpaired) electrons. The van der Waals surface area contributed by atoms with Crippen LogP contribution >= 0.6 is 0 Å². The third-order valence-electron chi connectivity index (χ3n) is 2.41. The number of nitrogens with zero attached hydrogens (tertiary/aromatic N) is 1. The maximum absolute atomic E-state index is 11.3. The number of carboxylic acids is 1. The van der Waals surface area contributed by atoms with E-state index in [-0.39, 0.29) is 12.2 Å². The summed E-state index contributed by atoms with van der Waals surface area (Å²) >= 11 is 0. The molecule has 1 rings (SSSR count). The topological polar surface area (TPSA) is 127 Å². The molecule has 1 aromatic rings. The van der Waals surface area contributed by atoms with Crippen molar-refractivity contribution in [3.63, 3.8) is 0 Å². The van der Waals surface area contributed by atoms with Crippen molar-refractivity contribution in [1.82, 2.24) is 4.72 Å². The number of hydrogen-bond acceptors (Lipinski definition) is 5. The molecular weight excluding hydrogens is 276 g/mol. The molecular formula is C10H12N2O6S. The van der Waals surface area contributed by atoms with E-state index in [9.17, 15) is 23.3 Å². The number of nitrogens with one attached hydrogen (secondary N) is 1. The molecule has 0 unspecified atom stereocenters. The first-order valence-electron chi connectivity index (χ1n) is 5.15. The summed E-state index contributed by atoms with van der Waals surface area (Å²) in [7, 11) is -3.95. The molecule has 8 nitrogen and oxygen atoms in total. The van der Waals surface area contributed by atoms with Gasteiger partial charge in [0.05, 0.1) is 4.92 Å². The Hall–Kier alpha value is -2.00. The second-order valence-electron chi connectivity index (χ2n) is 3.79. The van der Waals surface area contributed by atoms with E-state index in [2.05, 4.69) is 4.72 Å². The zero-order valence-electron chi connectivity index (χ0n) is 9.99. The van der Waals surface area contributed by atoms with E-state index in [1.54, 1.807) is 0 Å². The Kier molecular flexibility index (Phi) is 4.57. The Labute approximate surface area is 109 Å². The van der Waals surface area contributed by atoms with Gasteiger partial charge >= 0.3 is 5.97 Å². The molecule has 0 fully saturated rings. The van der Waals surface area contributed by atoms with Crippen LogP contribution in [0, 0.1) is 17.0 Å². The molecule has 104 valence electrons. The van der Waals surface area contributed by atoms with E-state index in [1.807, 2.05) is 0 Å². The largest absolute Gasteiger partial charge is 0.480 e. The minimum absolute atomic E-state index is 0.116. The second-order valence-corrected chi connectivity index (χ2v) is 5.60. The van der Waals surface area contributed by atoms with Gasteiger partial charge in [0.2, 0.25) is 10.0 Å². The summed E-state index contributed by atoms with van der Waals surface area (Å²) < 4.78 is 24.7. The molecule has 0 bridgehead atoms. The third kappa shape index (κ3) is 4.30. The average Bonchev–Trinajstić information content (AvgIpc) is 2.25. The van der Waals surface area contributed by atoms with Crippen molar-refractivity contribution >= 4 is 21.7 Å². The van der Waals surface area contributed by atoms with Crippen LogP contribution in [0.5, 0.6) is 0 Å². The molecule has 0 amide bonds. The van der Waals surface area contributed by atoms with Crippen LogP contribution in [0.25, 0.3) is 0 Å². The lowest BCUT2D eigenvalue weighted by Gasteiger charge is -2.07.